The fraction of sp³-hybridized carbons (Fsp3) is 0.571. The summed E-state index contributed by atoms with van der Waals surface area (Å²) in [6, 6.07) is 4.97. The van der Waals surface area contributed by atoms with Gasteiger partial charge < -0.3 is 10.5 Å². The Morgan fingerprint density at radius 3 is 2.85 bits per heavy atom. The van der Waals surface area contributed by atoms with Crippen LogP contribution in [0.4, 0.5) is 5.69 Å². The molecule has 1 atom stereocenters. The maximum absolute atomic E-state index is 12.6. The summed E-state index contributed by atoms with van der Waals surface area (Å²) in [5.41, 5.74) is 6.88. The molecular formula is C14H22N2O3S. The number of benzene rings is 1. The molecule has 1 aliphatic heterocycles. The Hall–Kier alpha value is -1.11. The van der Waals surface area contributed by atoms with Gasteiger partial charge in [0, 0.05) is 25.9 Å². The zero-order chi connectivity index (χ0) is 14.8. The average Bonchev–Trinajstić information content (AvgIpc) is 2.42. The summed E-state index contributed by atoms with van der Waals surface area (Å²) in [4.78, 5) is 0.289. The number of rotatable bonds is 4. The number of sulfonamides is 1. The monoisotopic (exact) mass is 298 g/mol. The van der Waals surface area contributed by atoms with Gasteiger partial charge in [-0.15, -0.1) is 0 Å². The second kappa shape index (κ2) is 6.11. The predicted octanol–water partition coefficient (Wildman–Crippen LogP) is 1.62. The van der Waals surface area contributed by atoms with E-state index in [0.29, 0.717) is 24.4 Å². The quantitative estimate of drug-likeness (QED) is 0.857. The van der Waals surface area contributed by atoms with Crippen molar-refractivity contribution in [2.45, 2.75) is 24.7 Å². The van der Waals surface area contributed by atoms with Gasteiger partial charge in [-0.05, 0) is 43.4 Å². The maximum atomic E-state index is 12.6. The lowest BCUT2D eigenvalue weighted by Gasteiger charge is -2.27. The Labute approximate surface area is 120 Å². The molecule has 1 aromatic rings. The Bertz CT molecular complexity index is 566. The number of nitrogens with two attached hydrogens (primary N) is 1. The van der Waals surface area contributed by atoms with E-state index < -0.39 is 10.0 Å². The highest BCUT2D eigenvalue weighted by Crippen LogP contribution is 2.23. The summed E-state index contributed by atoms with van der Waals surface area (Å²) in [5, 5.41) is 0. The summed E-state index contributed by atoms with van der Waals surface area (Å²) >= 11 is 0. The normalized spacial score (nSPS) is 20.2. The van der Waals surface area contributed by atoms with Gasteiger partial charge in [-0.1, -0.05) is 6.07 Å². The lowest BCUT2D eigenvalue weighted by atomic mass is 10.0. The molecular weight excluding hydrogens is 276 g/mol. The Balaban J connectivity index is 2.18. The molecule has 1 aliphatic rings. The number of aryl methyl sites for hydroxylation is 1. The van der Waals surface area contributed by atoms with Gasteiger partial charge in [0.15, 0.2) is 0 Å². The lowest BCUT2D eigenvalue weighted by molar-refractivity contribution is 0.0495. The molecule has 0 radical (unpaired) electrons. The highest BCUT2D eigenvalue weighted by atomic mass is 32.2. The number of anilines is 1. The van der Waals surface area contributed by atoms with Crippen molar-refractivity contribution >= 4 is 15.7 Å². The standard InChI is InChI=1S/C14H22N2O3S/c1-11-5-6-13(15)8-14(11)20(17,18)16(2)9-12-4-3-7-19-10-12/h5-6,8,12H,3-4,7,9-10,15H2,1-2H3. The van der Waals surface area contributed by atoms with Gasteiger partial charge in [-0.2, -0.15) is 0 Å². The molecule has 5 nitrogen and oxygen atoms in total. The molecule has 1 fully saturated rings. The number of hydrogen-bond donors (Lipinski definition) is 1. The molecule has 20 heavy (non-hydrogen) atoms. The summed E-state index contributed by atoms with van der Waals surface area (Å²) in [5.74, 6) is 0.268. The summed E-state index contributed by atoms with van der Waals surface area (Å²) in [7, 11) is -1.88. The van der Waals surface area contributed by atoms with E-state index >= 15 is 0 Å². The highest BCUT2D eigenvalue weighted by Gasteiger charge is 2.26. The molecule has 0 spiro atoms. The second-order valence-corrected chi connectivity index (χ2v) is 7.41. The minimum atomic E-state index is -3.49. The minimum Gasteiger partial charge on any atom is -0.399 e. The first-order valence-electron chi connectivity index (χ1n) is 6.81. The van der Waals surface area contributed by atoms with Gasteiger partial charge in [0.05, 0.1) is 11.5 Å². The van der Waals surface area contributed by atoms with Crippen molar-refractivity contribution in [3.63, 3.8) is 0 Å². The fourth-order valence-electron chi connectivity index (χ4n) is 2.48. The van der Waals surface area contributed by atoms with Gasteiger partial charge in [0.25, 0.3) is 0 Å². The third-order valence-corrected chi connectivity index (χ3v) is 5.64. The van der Waals surface area contributed by atoms with Crippen LogP contribution in [0.5, 0.6) is 0 Å². The fourth-order valence-corrected chi connectivity index (χ4v) is 3.98. The highest BCUT2D eigenvalue weighted by molar-refractivity contribution is 7.89. The van der Waals surface area contributed by atoms with Crippen molar-refractivity contribution in [2.24, 2.45) is 5.92 Å². The van der Waals surface area contributed by atoms with Crippen LogP contribution < -0.4 is 5.73 Å². The molecule has 6 heteroatoms. The van der Waals surface area contributed by atoms with Crippen LogP contribution in [0.1, 0.15) is 18.4 Å². The van der Waals surface area contributed by atoms with E-state index in [1.165, 1.54) is 10.4 Å². The van der Waals surface area contributed by atoms with E-state index in [2.05, 4.69) is 0 Å². The zero-order valence-corrected chi connectivity index (χ0v) is 12.8. The van der Waals surface area contributed by atoms with Crippen LogP contribution in [0.15, 0.2) is 23.1 Å². The van der Waals surface area contributed by atoms with Crippen LogP contribution in [0.3, 0.4) is 0 Å². The number of nitrogens with zero attached hydrogens (tertiary/aromatic N) is 1. The summed E-state index contributed by atoms with van der Waals surface area (Å²) in [6.45, 7) is 3.68. The Morgan fingerprint density at radius 1 is 1.45 bits per heavy atom. The van der Waals surface area contributed by atoms with E-state index in [0.717, 1.165) is 19.4 Å². The first-order valence-corrected chi connectivity index (χ1v) is 8.25. The van der Waals surface area contributed by atoms with Crippen molar-refractivity contribution in [1.82, 2.24) is 4.31 Å². The SMILES string of the molecule is Cc1ccc(N)cc1S(=O)(=O)N(C)CC1CCCOC1. The molecule has 0 aromatic heterocycles. The molecule has 1 aromatic carbocycles. The number of hydrogen-bond acceptors (Lipinski definition) is 4. The van der Waals surface area contributed by atoms with Crippen molar-refractivity contribution in [1.29, 1.82) is 0 Å². The van der Waals surface area contributed by atoms with Gasteiger partial charge in [0.2, 0.25) is 10.0 Å². The molecule has 1 heterocycles. The summed E-state index contributed by atoms with van der Waals surface area (Å²) < 4.78 is 32.0. The van der Waals surface area contributed by atoms with Gasteiger partial charge in [-0.3, -0.25) is 0 Å². The maximum Gasteiger partial charge on any atom is 0.243 e. The first kappa shape index (κ1) is 15.3. The predicted molar refractivity (Wildman–Crippen MR) is 79.0 cm³/mol. The molecule has 2 N–H and O–H groups in total. The van der Waals surface area contributed by atoms with Crippen LogP contribution in [0.25, 0.3) is 0 Å². The van der Waals surface area contributed by atoms with Gasteiger partial charge in [-0.25, -0.2) is 12.7 Å². The van der Waals surface area contributed by atoms with Crippen molar-refractivity contribution < 1.29 is 13.2 Å². The van der Waals surface area contributed by atoms with E-state index in [4.69, 9.17) is 10.5 Å². The second-order valence-electron chi connectivity index (χ2n) is 5.39. The van der Waals surface area contributed by atoms with Crippen LogP contribution in [-0.4, -0.2) is 39.5 Å². The molecule has 2 rings (SSSR count). The van der Waals surface area contributed by atoms with Crippen LogP contribution in [0, 0.1) is 12.8 Å². The van der Waals surface area contributed by atoms with Crippen LogP contribution >= 0.6 is 0 Å². The van der Waals surface area contributed by atoms with Gasteiger partial charge >= 0.3 is 0 Å². The molecule has 1 unspecified atom stereocenters. The van der Waals surface area contributed by atoms with Crippen LogP contribution in [-0.2, 0) is 14.8 Å². The molecule has 0 aliphatic carbocycles. The topological polar surface area (TPSA) is 72.6 Å². The third-order valence-electron chi connectivity index (χ3n) is 3.67. The third kappa shape index (κ3) is 3.31. The smallest absolute Gasteiger partial charge is 0.243 e. The first-order chi connectivity index (χ1) is 9.41. The number of nitrogen functional groups attached to an aromatic ring is 1. The molecule has 1 saturated heterocycles. The zero-order valence-electron chi connectivity index (χ0n) is 12.0. The Morgan fingerprint density at radius 2 is 2.20 bits per heavy atom. The van der Waals surface area contributed by atoms with Crippen molar-refractivity contribution in [3.8, 4) is 0 Å². The minimum absolute atomic E-state index is 0.268. The molecule has 0 saturated carbocycles. The molecule has 112 valence electrons. The van der Waals surface area contributed by atoms with E-state index in [9.17, 15) is 8.42 Å². The van der Waals surface area contributed by atoms with E-state index in [1.807, 2.05) is 0 Å². The van der Waals surface area contributed by atoms with Crippen molar-refractivity contribution in [2.75, 3.05) is 32.5 Å². The van der Waals surface area contributed by atoms with E-state index in [1.54, 1.807) is 26.1 Å². The van der Waals surface area contributed by atoms with Crippen LogP contribution in [0.2, 0.25) is 0 Å². The van der Waals surface area contributed by atoms with Gasteiger partial charge in [0.1, 0.15) is 0 Å². The summed E-state index contributed by atoms with van der Waals surface area (Å²) in [6.07, 6.45) is 2.01. The lowest BCUT2D eigenvalue weighted by Crippen LogP contribution is -2.35. The molecule has 0 amide bonds. The Kier molecular flexibility index (Phi) is 4.67. The molecule has 0 bridgehead atoms. The largest absolute Gasteiger partial charge is 0.399 e. The van der Waals surface area contributed by atoms with Crippen molar-refractivity contribution in [3.05, 3.63) is 23.8 Å². The number of ether oxygens (including phenoxy) is 1. The van der Waals surface area contributed by atoms with E-state index in [-0.39, 0.29) is 10.8 Å². The average molecular weight is 298 g/mol.